The van der Waals surface area contributed by atoms with Crippen LogP contribution >= 0.6 is 0 Å². The number of hydrogen-bond acceptors (Lipinski definition) is 6. The summed E-state index contributed by atoms with van der Waals surface area (Å²) >= 11 is 0. The summed E-state index contributed by atoms with van der Waals surface area (Å²) in [7, 11) is 1.28. The largest absolute Gasteiger partial charge is 0.467 e. The fourth-order valence-corrected chi connectivity index (χ4v) is 5.18. The Labute approximate surface area is 223 Å². The highest BCUT2D eigenvalue weighted by molar-refractivity contribution is 5.94. The molecule has 0 aromatic heterocycles. The SMILES string of the molecule is COC(=O)[C@H](Cc1ccccc1)NC(=O)[C@H](Cc1ccccc1)NC(=O)[C@@H]1CCCN1C(=O)[C@@H]1CCCN1. The number of rotatable bonds is 10. The van der Waals surface area contributed by atoms with E-state index in [0.29, 0.717) is 13.0 Å². The predicted molar refractivity (Wildman–Crippen MR) is 142 cm³/mol. The lowest BCUT2D eigenvalue weighted by Gasteiger charge is -2.29. The van der Waals surface area contributed by atoms with Crippen molar-refractivity contribution in [1.29, 1.82) is 0 Å². The minimum atomic E-state index is -0.935. The van der Waals surface area contributed by atoms with Crippen LogP contribution in [0.3, 0.4) is 0 Å². The molecule has 3 N–H and O–H groups in total. The highest BCUT2D eigenvalue weighted by Crippen LogP contribution is 2.21. The molecule has 2 heterocycles. The summed E-state index contributed by atoms with van der Waals surface area (Å²) < 4.78 is 4.94. The number of methoxy groups -OCH3 is 1. The second-order valence-electron chi connectivity index (χ2n) is 9.86. The van der Waals surface area contributed by atoms with E-state index in [1.165, 1.54) is 7.11 Å². The summed E-state index contributed by atoms with van der Waals surface area (Å²) in [5, 5.41) is 8.90. The van der Waals surface area contributed by atoms with E-state index < -0.39 is 30.0 Å². The summed E-state index contributed by atoms with van der Waals surface area (Å²) in [4.78, 5) is 54.2. The number of carbonyl (C=O) groups is 4. The molecule has 2 aromatic rings. The van der Waals surface area contributed by atoms with Gasteiger partial charge in [-0.15, -0.1) is 0 Å². The van der Waals surface area contributed by atoms with Crippen molar-refractivity contribution in [2.24, 2.45) is 0 Å². The van der Waals surface area contributed by atoms with E-state index in [2.05, 4.69) is 16.0 Å². The van der Waals surface area contributed by atoms with Crippen molar-refractivity contribution in [2.45, 2.75) is 62.7 Å². The fourth-order valence-electron chi connectivity index (χ4n) is 5.18. The van der Waals surface area contributed by atoms with E-state index >= 15 is 0 Å². The van der Waals surface area contributed by atoms with Gasteiger partial charge in [0.15, 0.2) is 0 Å². The van der Waals surface area contributed by atoms with Gasteiger partial charge in [0.1, 0.15) is 18.1 Å². The smallest absolute Gasteiger partial charge is 0.328 e. The molecule has 2 saturated heterocycles. The second-order valence-corrected chi connectivity index (χ2v) is 9.86. The topological polar surface area (TPSA) is 117 Å². The number of carbonyl (C=O) groups excluding carboxylic acids is 4. The Balaban J connectivity index is 1.49. The average Bonchev–Trinajstić information content (AvgIpc) is 3.66. The van der Waals surface area contributed by atoms with Gasteiger partial charge < -0.3 is 25.6 Å². The Bertz CT molecular complexity index is 1100. The van der Waals surface area contributed by atoms with Crippen LogP contribution in [0.5, 0.6) is 0 Å². The third kappa shape index (κ3) is 6.98. The Hall–Kier alpha value is -3.72. The molecule has 0 unspecified atom stereocenters. The normalized spacial score (nSPS) is 20.4. The highest BCUT2D eigenvalue weighted by Gasteiger charge is 2.39. The van der Waals surface area contributed by atoms with Crippen LogP contribution in [-0.4, -0.2) is 73.0 Å². The predicted octanol–water partition coefficient (Wildman–Crippen LogP) is 1.36. The molecule has 0 bridgehead atoms. The van der Waals surface area contributed by atoms with Gasteiger partial charge in [0.05, 0.1) is 13.2 Å². The molecule has 2 fully saturated rings. The van der Waals surface area contributed by atoms with E-state index in [1.54, 1.807) is 4.90 Å². The van der Waals surface area contributed by atoms with Gasteiger partial charge in [0.2, 0.25) is 17.7 Å². The molecule has 202 valence electrons. The van der Waals surface area contributed by atoms with Crippen molar-refractivity contribution >= 4 is 23.7 Å². The van der Waals surface area contributed by atoms with Crippen LogP contribution in [0.2, 0.25) is 0 Å². The molecule has 0 spiro atoms. The molecule has 38 heavy (non-hydrogen) atoms. The lowest BCUT2D eigenvalue weighted by Crippen LogP contribution is -2.57. The number of hydrogen-bond donors (Lipinski definition) is 3. The quantitative estimate of drug-likeness (QED) is 0.408. The molecule has 4 atom stereocenters. The molecule has 0 saturated carbocycles. The van der Waals surface area contributed by atoms with Crippen LogP contribution in [-0.2, 0) is 36.8 Å². The number of esters is 1. The Morgan fingerprint density at radius 2 is 1.53 bits per heavy atom. The van der Waals surface area contributed by atoms with Gasteiger partial charge in [-0.3, -0.25) is 14.4 Å². The highest BCUT2D eigenvalue weighted by atomic mass is 16.5. The third-order valence-corrected chi connectivity index (χ3v) is 7.20. The monoisotopic (exact) mass is 520 g/mol. The second kappa shape index (κ2) is 13.2. The van der Waals surface area contributed by atoms with Gasteiger partial charge in [-0.2, -0.15) is 0 Å². The lowest BCUT2D eigenvalue weighted by molar-refractivity contribution is -0.145. The molecular weight excluding hydrogens is 484 g/mol. The van der Waals surface area contributed by atoms with Crippen molar-refractivity contribution in [3.8, 4) is 0 Å². The summed E-state index contributed by atoms with van der Waals surface area (Å²) in [6, 6.07) is 16.0. The Morgan fingerprint density at radius 3 is 2.11 bits per heavy atom. The average molecular weight is 521 g/mol. The van der Waals surface area contributed by atoms with Crippen LogP contribution in [0.15, 0.2) is 60.7 Å². The van der Waals surface area contributed by atoms with Gasteiger partial charge >= 0.3 is 5.97 Å². The molecule has 2 aromatic carbocycles. The van der Waals surface area contributed by atoms with Crippen LogP contribution < -0.4 is 16.0 Å². The Kier molecular flexibility index (Phi) is 9.48. The Morgan fingerprint density at radius 1 is 0.895 bits per heavy atom. The van der Waals surface area contributed by atoms with E-state index in [-0.39, 0.29) is 30.7 Å². The van der Waals surface area contributed by atoms with E-state index in [4.69, 9.17) is 4.74 Å². The van der Waals surface area contributed by atoms with Crippen molar-refractivity contribution in [2.75, 3.05) is 20.2 Å². The lowest BCUT2D eigenvalue weighted by atomic mass is 10.0. The van der Waals surface area contributed by atoms with Crippen LogP contribution in [0, 0.1) is 0 Å². The summed E-state index contributed by atoms with van der Waals surface area (Å²) in [5.74, 6) is -1.47. The van der Waals surface area contributed by atoms with Crippen LogP contribution in [0.1, 0.15) is 36.8 Å². The third-order valence-electron chi connectivity index (χ3n) is 7.20. The van der Waals surface area contributed by atoms with E-state index in [0.717, 1.165) is 36.9 Å². The first-order chi connectivity index (χ1) is 18.5. The number of likely N-dealkylation sites (tertiary alicyclic amines) is 1. The zero-order valence-electron chi connectivity index (χ0n) is 21.7. The van der Waals surface area contributed by atoms with Gasteiger partial charge in [-0.25, -0.2) is 4.79 Å². The molecule has 9 nitrogen and oxygen atoms in total. The van der Waals surface area contributed by atoms with E-state index in [9.17, 15) is 19.2 Å². The molecule has 4 rings (SSSR count). The first kappa shape index (κ1) is 27.3. The standard InChI is InChI=1S/C29H36N4O5/c1-38-29(37)24(19-21-12-6-3-7-13-21)32-26(34)23(18-20-10-4-2-5-11-20)31-27(35)25-15-9-17-33(25)28(36)22-14-8-16-30-22/h2-7,10-13,22-25,30H,8-9,14-19H2,1H3,(H,31,35)(H,32,34)/t22-,23-,24-,25-/m0/s1. The number of benzene rings is 2. The molecule has 0 aliphatic carbocycles. The van der Waals surface area contributed by atoms with Crippen molar-refractivity contribution in [1.82, 2.24) is 20.9 Å². The number of nitrogens with one attached hydrogen (secondary N) is 3. The first-order valence-electron chi connectivity index (χ1n) is 13.3. The first-order valence-corrected chi connectivity index (χ1v) is 13.3. The van der Waals surface area contributed by atoms with Crippen molar-refractivity contribution in [3.05, 3.63) is 71.8 Å². The maximum Gasteiger partial charge on any atom is 0.328 e. The molecule has 0 radical (unpaired) electrons. The minimum absolute atomic E-state index is 0.0576. The molecular formula is C29H36N4O5. The maximum atomic E-state index is 13.5. The molecule has 2 aliphatic heterocycles. The zero-order chi connectivity index (χ0) is 26.9. The molecule has 9 heteroatoms. The number of ether oxygens (including phenoxy) is 1. The minimum Gasteiger partial charge on any atom is -0.467 e. The summed E-state index contributed by atoms with van der Waals surface area (Å²) in [5.41, 5.74) is 1.73. The van der Waals surface area contributed by atoms with Gasteiger partial charge in [-0.05, 0) is 43.4 Å². The zero-order valence-corrected chi connectivity index (χ0v) is 21.7. The summed E-state index contributed by atoms with van der Waals surface area (Å²) in [6.07, 6.45) is 3.47. The molecule has 2 aliphatic rings. The van der Waals surface area contributed by atoms with Crippen molar-refractivity contribution in [3.63, 3.8) is 0 Å². The van der Waals surface area contributed by atoms with Crippen LogP contribution in [0.4, 0.5) is 0 Å². The summed E-state index contributed by atoms with van der Waals surface area (Å²) in [6.45, 7) is 1.32. The molecule has 3 amide bonds. The van der Waals surface area contributed by atoms with Gasteiger partial charge in [0, 0.05) is 19.4 Å². The number of nitrogens with zero attached hydrogens (tertiary/aromatic N) is 1. The van der Waals surface area contributed by atoms with E-state index in [1.807, 2.05) is 60.7 Å². The van der Waals surface area contributed by atoms with Gasteiger partial charge in [-0.1, -0.05) is 60.7 Å². The van der Waals surface area contributed by atoms with Crippen molar-refractivity contribution < 1.29 is 23.9 Å². The number of amides is 3. The maximum absolute atomic E-state index is 13.5. The van der Waals surface area contributed by atoms with Crippen LogP contribution in [0.25, 0.3) is 0 Å². The fraction of sp³-hybridized carbons (Fsp3) is 0.448. The van der Waals surface area contributed by atoms with Gasteiger partial charge in [0.25, 0.3) is 0 Å².